The van der Waals surface area contributed by atoms with Gasteiger partial charge in [0.1, 0.15) is 11.5 Å². The molecule has 2 aromatic heterocycles. The molecule has 9 heteroatoms. The van der Waals surface area contributed by atoms with Crippen LogP contribution in [-0.4, -0.2) is 38.0 Å². The first-order valence-electron chi connectivity index (χ1n) is 10.1. The Hall–Kier alpha value is -3.00. The van der Waals surface area contributed by atoms with Gasteiger partial charge in [-0.3, -0.25) is 18.7 Å². The zero-order valence-corrected chi connectivity index (χ0v) is 18.1. The summed E-state index contributed by atoms with van der Waals surface area (Å²) in [5, 5.41) is 0.163. The lowest BCUT2D eigenvalue weighted by atomic mass is 10.1. The van der Waals surface area contributed by atoms with E-state index < -0.39 is 17.1 Å². The molecular weight excluding hydrogens is 423 g/mol. The summed E-state index contributed by atoms with van der Waals surface area (Å²) in [7, 11) is 1.48. The van der Waals surface area contributed by atoms with E-state index in [9.17, 15) is 18.8 Å². The molecule has 4 rings (SSSR count). The second-order valence-corrected chi connectivity index (χ2v) is 8.20. The van der Waals surface area contributed by atoms with Crippen LogP contribution in [0.25, 0.3) is 11.0 Å². The Balaban J connectivity index is 1.96. The maximum absolute atomic E-state index is 14.3. The number of hydrogen-bond acceptors (Lipinski definition) is 4. The molecule has 7 nitrogen and oxygen atoms in total. The van der Waals surface area contributed by atoms with Gasteiger partial charge in [0.15, 0.2) is 0 Å². The third-order valence-corrected chi connectivity index (χ3v) is 6.03. The standard InChI is InChI=1S/C22H22ClFN4O3/c1-13-11-14(20(29)27-9-4-3-5-10-27)18-19(25-13)26(2)22(31)28(21(18)30)12-15-16(23)7-6-8-17(15)24/h6-8,11H,3-5,9-10,12H2,1-2H3. The number of nitrogens with zero attached hydrogens (tertiary/aromatic N) is 4. The molecule has 3 heterocycles. The molecule has 31 heavy (non-hydrogen) atoms. The van der Waals surface area contributed by atoms with Gasteiger partial charge in [0.25, 0.3) is 11.5 Å². The minimum Gasteiger partial charge on any atom is -0.339 e. The van der Waals surface area contributed by atoms with E-state index >= 15 is 0 Å². The predicted octanol–water partition coefficient (Wildman–Crippen LogP) is 2.87. The number of carbonyl (C=O) groups excluding carboxylic acids is 1. The lowest BCUT2D eigenvalue weighted by Gasteiger charge is -2.27. The van der Waals surface area contributed by atoms with Gasteiger partial charge in [0.2, 0.25) is 0 Å². The molecule has 1 fully saturated rings. The second-order valence-electron chi connectivity index (χ2n) is 7.80. The summed E-state index contributed by atoms with van der Waals surface area (Å²) in [4.78, 5) is 45.7. The van der Waals surface area contributed by atoms with Crippen molar-refractivity contribution in [2.24, 2.45) is 7.05 Å². The molecule has 0 radical (unpaired) electrons. The van der Waals surface area contributed by atoms with E-state index in [1.165, 1.54) is 29.8 Å². The number of aromatic nitrogens is 3. The topological polar surface area (TPSA) is 77.2 Å². The number of aryl methyl sites for hydroxylation is 2. The molecule has 1 aromatic carbocycles. The van der Waals surface area contributed by atoms with Gasteiger partial charge in [0.05, 0.1) is 17.5 Å². The quantitative estimate of drug-likeness (QED) is 0.622. The van der Waals surface area contributed by atoms with Crippen molar-refractivity contribution in [3.05, 3.63) is 72.8 Å². The molecule has 0 N–H and O–H groups in total. The molecular formula is C22H22ClFN4O3. The number of piperidine rings is 1. The molecule has 0 aliphatic carbocycles. The summed E-state index contributed by atoms with van der Waals surface area (Å²) in [6, 6.07) is 5.73. The van der Waals surface area contributed by atoms with Gasteiger partial charge in [-0.2, -0.15) is 0 Å². The Morgan fingerprint density at radius 2 is 1.90 bits per heavy atom. The van der Waals surface area contributed by atoms with Crippen molar-refractivity contribution in [1.29, 1.82) is 0 Å². The minimum atomic E-state index is -0.690. The van der Waals surface area contributed by atoms with Crippen molar-refractivity contribution >= 4 is 28.5 Å². The molecule has 162 valence electrons. The van der Waals surface area contributed by atoms with Gasteiger partial charge in [-0.1, -0.05) is 17.7 Å². The van der Waals surface area contributed by atoms with Crippen LogP contribution in [0.15, 0.2) is 33.9 Å². The summed E-state index contributed by atoms with van der Waals surface area (Å²) in [5.74, 6) is -0.880. The minimum absolute atomic E-state index is 0.0340. The van der Waals surface area contributed by atoms with E-state index in [4.69, 9.17) is 11.6 Å². The highest BCUT2D eigenvalue weighted by Gasteiger charge is 2.25. The maximum Gasteiger partial charge on any atom is 0.332 e. The van der Waals surface area contributed by atoms with Crippen LogP contribution < -0.4 is 11.2 Å². The van der Waals surface area contributed by atoms with E-state index in [-0.39, 0.29) is 39.6 Å². The molecule has 1 aliphatic heterocycles. The SMILES string of the molecule is Cc1cc(C(=O)N2CCCCC2)c2c(=O)n(Cc3c(F)cccc3Cl)c(=O)n(C)c2n1. The first kappa shape index (κ1) is 21.2. The van der Waals surface area contributed by atoms with Gasteiger partial charge in [-0.25, -0.2) is 14.2 Å². The van der Waals surface area contributed by atoms with Crippen LogP contribution in [0, 0.1) is 12.7 Å². The third-order valence-electron chi connectivity index (χ3n) is 5.67. The number of halogens is 2. The van der Waals surface area contributed by atoms with Crippen LogP contribution in [0.3, 0.4) is 0 Å². The van der Waals surface area contributed by atoms with Crippen molar-refractivity contribution in [3.8, 4) is 0 Å². The molecule has 0 atom stereocenters. The number of benzene rings is 1. The van der Waals surface area contributed by atoms with Gasteiger partial charge in [-0.05, 0) is 44.4 Å². The van der Waals surface area contributed by atoms with Crippen LogP contribution in [-0.2, 0) is 13.6 Å². The fourth-order valence-corrected chi connectivity index (χ4v) is 4.24. The zero-order chi connectivity index (χ0) is 22.3. The lowest BCUT2D eigenvalue weighted by Crippen LogP contribution is -2.42. The Labute approximate surface area is 182 Å². The van der Waals surface area contributed by atoms with Crippen LogP contribution in [0.1, 0.15) is 40.9 Å². The number of hydrogen-bond donors (Lipinski definition) is 0. The molecule has 0 bridgehead atoms. The first-order chi connectivity index (χ1) is 14.8. The summed E-state index contributed by atoms with van der Waals surface area (Å²) < 4.78 is 16.4. The van der Waals surface area contributed by atoms with Gasteiger partial charge >= 0.3 is 5.69 Å². The van der Waals surface area contributed by atoms with E-state index in [0.29, 0.717) is 18.8 Å². The van der Waals surface area contributed by atoms with Crippen LogP contribution in [0.2, 0.25) is 5.02 Å². The first-order valence-corrected chi connectivity index (χ1v) is 10.5. The fourth-order valence-electron chi connectivity index (χ4n) is 4.02. The maximum atomic E-state index is 14.3. The number of likely N-dealkylation sites (tertiary alicyclic amines) is 1. The molecule has 1 saturated heterocycles. The molecule has 3 aromatic rings. The smallest absolute Gasteiger partial charge is 0.332 e. The number of pyridine rings is 1. The third kappa shape index (κ3) is 3.76. The average molecular weight is 445 g/mol. The highest BCUT2D eigenvalue weighted by atomic mass is 35.5. The Bertz CT molecular complexity index is 1290. The normalized spacial score (nSPS) is 14.3. The molecule has 1 aliphatic rings. The summed E-state index contributed by atoms with van der Waals surface area (Å²) >= 11 is 6.11. The van der Waals surface area contributed by atoms with Crippen molar-refractivity contribution in [3.63, 3.8) is 0 Å². The summed E-state index contributed by atoms with van der Waals surface area (Å²) in [6.45, 7) is 2.60. The number of rotatable bonds is 3. The lowest BCUT2D eigenvalue weighted by molar-refractivity contribution is 0.0726. The van der Waals surface area contributed by atoms with E-state index in [1.54, 1.807) is 17.9 Å². The van der Waals surface area contributed by atoms with Crippen LogP contribution in [0.5, 0.6) is 0 Å². The molecule has 1 amide bonds. The Kier molecular flexibility index (Phi) is 5.66. The molecule has 0 saturated carbocycles. The van der Waals surface area contributed by atoms with Crippen molar-refractivity contribution in [2.75, 3.05) is 13.1 Å². The van der Waals surface area contributed by atoms with Crippen molar-refractivity contribution < 1.29 is 9.18 Å². The Morgan fingerprint density at radius 1 is 1.19 bits per heavy atom. The zero-order valence-electron chi connectivity index (χ0n) is 17.3. The highest BCUT2D eigenvalue weighted by molar-refractivity contribution is 6.31. The van der Waals surface area contributed by atoms with Gasteiger partial charge < -0.3 is 4.90 Å². The summed E-state index contributed by atoms with van der Waals surface area (Å²) in [6.07, 6.45) is 2.87. The van der Waals surface area contributed by atoms with E-state index in [2.05, 4.69) is 4.98 Å². The molecule has 0 unspecified atom stereocenters. The van der Waals surface area contributed by atoms with Crippen LogP contribution >= 0.6 is 11.6 Å². The van der Waals surface area contributed by atoms with E-state index in [1.807, 2.05) is 0 Å². The summed E-state index contributed by atoms with van der Waals surface area (Å²) in [5.41, 5.74) is -0.454. The van der Waals surface area contributed by atoms with Gasteiger partial charge in [0, 0.05) is 36.4 Å². The molecule has 0 spiro atoms. The monoisotopic (exact) mass is 444 g/mol. The number of carbonyl (C=O) groups is 1. The van der Waals surface area contributed by atoms with Gasteiger partial charge in [-0.15, -0.1) is 0 Å². The highest BCUT2D eigenvalue weighted by Crippen LogP contribution is 2.21. The second kappa shape index (κ2) is 8.26. The fraction of sp³-hybridized carbons (Fsp3) is 0.364. The average Bonchev–Trinajstić information content (AvgIpc) is 2.76. The van der Waals surface area contributed by atoms with Crippen molar-refractivity contribution in [2.45, 2.75) is 32.7 Å². The van der Waals surface area contributed by atoms with E-state index in [0.717, 1.165) is 23.8 Å². The van der Waals surface area contributed by atoms with Crippen molar-refractivity contribution in [1.82, 2.24) is 19.0 Å². The number of amides is 1. The predicted molar refractivity (Wildman–Crippen MR) is 116 cm³/mol. The Morgan fingerprint density at radius 3 is 2.58 bits per heavy atom. The van der Waals surface area contributed by atoms with Crippen LogP contribution in [0.4, 0.5) is 4.39 Å². The number of fused-ring (bicyclic) bond motifs is 1. The largest absolute Gasteiger partial charge is 0.339 e.